The third kappa shape index (κ3) is 3.69. The molecule has 0 saturated heterocycles. The Bertz CT molecular complexity index is 913. The number of Topliss-reactive ketones (excluding diaryl/α,β-unsaturated/α-hetero) is 1. The molecule has 2 aromatic rings. The summed E-state index contributed by atoms with van der Waals surface area (Å²) in [7, 11) is 1.57. The van der Waals surface area contributed by atoms with Crippen molar-refractivity contribution in [1.29, 1.82) is 0 Å². The van der Waals surface area contributed by atoms with Gasteiger partial charge in [0.1, 0.15) is 10.4 Å². The predicted molar refractivity (Wildman–Crippen MR) is 107 cm³/mol. The number of carbonyl (C=O) groups is 3. The Morgan fingerprint density at radius 1 is 1.32 bits per heavy atom. The summed E-state index contributed by atoms with van der Waals surface area (Å²) in [5.41, 5.74) is 1.58. The number of ether oxygens (including phenoxy) is 1. The molecule has 1 aromatic heterocycles. The Kier molecular flexibility index (Phi) is 6.15. The van der Waals surface area contributed by atoms with E-state index in [4.69, 9.17) is 16.3 Å². The molecule has 1 aliphatic carbocycles. The zero-order valence-corrected chi connectivity index (χ0v) is 17.3. The Morgan fingerprint density at radius 3 is 2.71 bits per heavy atom. The number of ketones is 1. The molecule has 6 nitrogen and oxygen atoms in total. The molecule has 1 atom stereocenters. The lowest BCUT2D eigenvalue weighted by Crippen LogP contribution is -2.55. The van der Waals surface area contributed by atoms with Crippen LogP contribution >= 0.6 is 22.9 Å². The lowest BCUT2D eigenvalue weighted by atomic mass is 9.74. The van der Waals surface area contributed by atoms with Gasteiger partial charge in [0, 0.05) is 24.1 Å². The molecule has 28 heavy (non-hydrogen) atoms. The van der Waals surface area contributed by atoms with Crippen LogP contribution < -0.4 is 0 Å². The number of likely N-dealkylation sites (N-methyl/N-ethyl adjacent to an activating group) is 1. The fourth-order valence-electron chi connectivity index (χ4n) is 3.63. The highest BCUT2D eigenvalue weighted by Gasteiger charge is 2.48. The van der Waals surface area contributed by atoms with Crippen molar-refractivity contribution in [2.45, 2.75) is 38.1 Å². The van der Waals surface area contributed by atoms with Gasteiger partial charge in [-0.3, -0.25) is 9.59 Å². The van der Waals surface area contributed by atoms with Gasteiger partial charge in [-0.25, -0.2) is 9.78 Å². The third-order valence-electron chi connectivity index (χ3n) is 5.18. The lowest BCUT2D eigenvalue weighted by molar-refractivity contribution is -0.150. The van der Waals surface area contributed by atoms with Crippen LogP contribution in [0, 0.1) is 6.92 Å². The highest BCUT2D eigenvalue weighted by atomic mass is 35.5. The fourth-order valence-corrected chi connectivity index (χ4v) is 4.62. The number of carbonyl (C=O) groups excluding carboxylic acids is 3. The first-order valence-electron chi connectivity index (χ1n) is 9.00. The minimum Gasteiger partial charge on any atom is -0.451 e. The number of halogens is 1. The molecule has 3 rings (SSSR count). The van der Waals surface area contributed by atoms with Gasteiger partial charge < -0.3 is 9.64 Å². The molecule has 0 bridgehead atoms. The van der Waals surface area contributed by atoms with Gasteiger partial charge in [0.15, 0.2) is 12.4 Å². The summed E-state index contributed by atoms with van der Waals surface area (Å²) in [4.78, 5) is 43.8. The van der Waals surface area contributed by atoms with Crippen molar-refractivity contribution in [3.05, 3.63) is 50.9 Å². The van der Waals surface area contributed by atoms with Crippen molar-refractivity contribution in [2.75, 3.05) is 13.7 Å². The van der Waals surface area contributed by atoms with Crippen LogP contribution in [-0.4, -0.2) is 41.2 Å². The topological polar surface area (TPSA) is 76.6 Å². The smallest absolute Gasteiger partial charge is 0.350 e. The quantitative estimate of drug-likeness (QED) is 0.688. The summed E-state index contributed by atoms with van der Waals surface area (Å²) < 4.78 is 5.18. The van der Waals surface area contributed by atoms with Crippen LogP contribution in [0.1, 0.15) is 46.6 Å². The summed E-state index contributed by atoms with van der Waals surface area (Å²) in [6.45, 7) is 1.25. The molecule has 0 N–H and O–H groups in total. The second-order valence-corrected chi connectivity index (χ2v) is 8.03. The van der Waals surface area contributed by atoms with Crippen molar-refractivity contribution < 1.29 is 19.1 Å². The average Bonchev–Trinajstić information content (AvgIpc) is 3.12. The van der Waals surface area contributed by atoms with E-state index < -0.39 is 24.0 Å². The first kappa shape index (κ1) is 20.5. The zero-order chi connectivity index (χ0) is 20.3. The number of aromatic nitrogens is 1. The molecule has 1 heterocycles. The number of aryl methyl sites for hydroxylation is 1. The first-order chi connectivity index (χ1) is 13.4. The number of hydrogen-bond donors (Lipinski definition) is 0. The summed E-state index contributed by atoms with van der Waals surface area (Å²) in [6.07, 6.45) is 2.45. The molecule has 1 saturated carbocycles. The molecule has 1 aliphatic rings. The number of benzene rings is 1. The SMILES string of the molecule is Cc1ncsc1C(=O)OCC(=O)N(C)C1(c2ccccc2Cl)CCCCC1=O. The standard InChI is InChI=1S/C20H21ClN2O4S/c1-13-18(28-12-22-13)19(26)27-11-17(25)23(2)20(10-6-5-9-16(20)24)14-7-3-4-8-15(14)21/h3-4,7-8,12H,5-6,9-11H2,1-2H3. The van der Waals surface area contributed by atoms with Crippen LogP contribution in [0.4, 0.5) is 0 Å². The number of hydrogen-bond acceptors (Lipinski definition) is 6. The molecule has 0 spiro atoms. The van der Waals surface area contributed by atoms with Gasteiger partial charge in [-0.05, 0) is 32.3 Å². The maximum Gasteiger partial charge on any atom is 0.350 e. The molecule has 148 valence electrons. The van der Waals surface area contributed by atoms with Crippen molar-refractivity contribution in [3.8, 4) is 0 Å². The zero-order valence-electron chi connectivity index (χ0n) is 15.7. The summed E-state index contributed by atoms with van der Waals surface area (Å²) >= 11 is 7.55. The first-order valence-corrected chi connectivity index (χ1v) is 10.3. The van der Waals surface area contributed by atoms with E-state index in [2.05, 4.69) is 4.98 Å². The maximum atomic E-state index is 13.0. The van der Waals surface area contributed by atoms with E-state index in [-0.39, 0.29) is 5.78 Å². The molecule has 8 heteroatoms. The highest BCUT2D eigenvalue weighted by Crippen LogP contribution is 2.42. The molecule has 0 radical (unpaired) electrons. The average molecular weight is 421 g/mol. The normalized spacial score (nSPS) is 19.3. The summed E-state index contributed by atoms with van der Waals surface area (Å²) in [6, 6.07) is 7.08. The summed E-state index contributed by atoms with van der Waals surface area (Å²) in [5, 5.41) is 0.440. The van der Waals surface area contributed by atoms with Crippen LogP contribution in [0.25, 0.3) is 0 Å². The van der Waals surface area contributed by atoms with E-state index in [1.807, 2.05) is 0 Å². The van der Waals surface area contributed by atoms with Crippen molar-refractivity contribution in [2.24, 2.45) is 0 Å². The Morgan fingerprint density at radius 2 is 2.07 bits per heavy atom. The van der Waals surface area contributed by atoms with Gasteiger partial charge in [-0.15, -0.1) is 11.3 Å². The minimum atomic E-state index is -1.14. The molecule has 0 aliphatic heterocycles. The molecular formula is C20H21ClN2O4S. The maximum absolute atomic E-state index is 13.0. The van der Waals surface area contributed by atoms with Gasteiger partial charge in [0.2, 0.25) is 0 Å². The van der Waals surface area contributed by atoms with Gasteiger partial charge in [-0.1, -0.05) is 29.8 Å². The lowest BCUT2D eigenvalue weighted by Gasteiger charge is -2.43. The van der Waals surface area contributed by atoms with Gasteiger partial charge in [0.25, 0.3) is 5.91 Å². The van der Waals surface area contributed by atoms with Crippen molar-refractivity contribution in [3.63, 3.8) is 0 Å². The monoisotopic (exact) mass is 420 g/mol. The molecule has 1 aromatic carbocycles. The summed E-state index contributed by atoms with van der Waals surface area (Å²) in [5.74, 6) is -1.10. The number of rotatable bonds is 5. The molecule has 1 unspecified atom stereocenters. The molecular weight excluding hydrogens is 400 g/mol. The van der Waals surface area contributed by atoms with E-state index in [9.17, 15) is 14.4 Å². The van der Waals surface area contributed by atoms with Crippen molar-refractivity contribution >= 4 is 40.6 Å². The number of esters is 1. The van der Waals surface area contributed by atoms with E-state index >= 15 is 0 Å². The molecule has 1 fully saturated rings. The van der Waals surface area contributed by atoms with Crippen LogP contribution in [0.15, 0.2) is 29.8 Å². The second kappa shape index (κ2) is 8.41. The molecule has 1 amide bonds. The Balaban J connectivity index is 1.83. The predicted octanol–water partition coefficient (Wildman–Crippen LogP) is 3.76. The second-order valence-electron chi connectivity index (χ2n) is 6.77. The third-order valence-corrected chi connectivity index (χ3v) is 6.42. The van der Waals surface area contributed by atoms with Crippen LogP contribution in [0.5, 0.6) is 0 Å². The van der Waals surface area contributed by atoms with E-state index in [0.717, 1.165) is 24.2 Å². The fraction of sp³-hybridized carbons (Fsp3) is 0.400. The number of amides is 1. The number of nitrogens with zero attached hydrogens (tertiary/aromatic N) is 2. The van der Waals surface area contributed by atoms with Gasteiger partial charge in [-0.2, -0.15) is 0 Å². The van der Waals surface area contributed by atoms with Gasteiger partial charge >= 0.3 is 5.97 Å². The van der Waals surface area contributed by atoms with Gasteiger partial charge in [0.05, 0.1) is 11.2 Å². The van der Waals surface area contributed by atoms with Crippen molar-refractivity contribution in [1.82, 2.24) is 9.88 Å². The van der Waals surface area contributed by atoms with E-state index in [1.54, 1.807) is 43.7 Å². The number of thiazole rings is 1. The van der Waals surface area contributed by atoms with Crippen LogP contribution in [0.3, 0.4) is 0 Å². The highest BCUT2D eigenvalue weighted by molar-refractivity contribution is 7.11. The van der Waals surface area contributed by atoms with Crippen LogP contribution in [-0.2, 0) is 19.9 Å². The van der Waals surface area contributed by atoms with E-state index in [1.165, 1.54) is 4.90 Å². The minimum absolute atomic E-state index is 0.0488. The largest absolute Gasteiger partial charge is 0.451 e. The Hall–Kier alpha value is -2.25. The van der Waals surface area contributed by atoms with Crippen LogP contribution in [0.2, 0.25) is 5.02 Å². The van der Waals surface area contributed by atoms with E-state index in [0.29, 0.717) is 34.0 Å². The Labute approximate surface area is 172 Å².